The van der Waals surface area contributed by atoms with Gasteiger partial charge in [0.2, 0.25) is 0 Å². The topological polar surface area (TPSA) is 101 Å². The molecule has 3 unspecified atom stereocenters. The zero-order chi connectivity index (χ0) is 18.0. The van der Waals surface area contributed by atoms with Crippen molar-refractivity contribution in [2.45, 2.75) is 24.9 Å². The van der Waals surface area contributed by atoms with Crippen molar-refractivity contribution < 1.29 is 9.84 Å². The molecule has 0 bridgehead atoms. The second kappa shape index (κ2) is 6.82. The van der Waals surface area contributed by atoms with Crippen LogP contribution in [0, 0.1) is 22.7 Å². The van der Waals surface area contributed by atoms with Crippen LogP contribution in [0.4, 0.5) is 0 Å². The maximum absolute atomic E-state index is 10.4. The van der Waals surface area contributed by atoms with Gasteiger partial charge in [0, 0.05) is 17.5 Å². The van der Waals surface area contributed by atoms with Gasteiger partial charge in [-0.3, -0.25) is 5.43 Å². The van der Waals surface area contributed by atoms with Crippen molar-refractivity contribution in [2.24, 2.45) is 0 Å². The highest BCUT2D eigenvalue weighted by Gasteiger charge is 2.37. The molecule has 1 saturated heterocycles. The van der Waals surface area contributed by atoms with Crippen molar-refractivity contribution in [1.82, 2.24) is 10.9 Å². The largest absolute Gasteiger partial charge is 0.508 e. The van der Waals surface area contributed by atoms with E-state index in [0.717, 1.165) is 11.3 Å². The summed E-state index contributed by atoms with van der Waals surface area (Å²) in [6.07, 6.45) is 0. The Hall–Kier alpha value is -3.06. The minimum atomic E-state index is -0.103. The van der Waals surface area contributed by atoms with Crippen LogP contribution in [0.25, 0.3) is 0 Å². The predicted molar refractivity (Wildman–Crippen MR) is 91.7 cm³/mol. The maximum Gasteiger partial charge on any atom is 0.120 e. The van der Waals surface area contributed by atoms with Gasteiger partial charge >= 0.3 is 0 Å². The lowest BCUT2D eigenvalue weighted by Gasteiger charge is -2.23. The number of nitrogens with zero attached hydrogens (tertiary/aromatic N) is 2. The second-order valence-electron chi connectivity index (χ2n) is 6.03. The highest BCUT2D eigenvalue weighted by atomic mass is 16.5. The summed E-state index contributed by atoms with van der Waals surface area (Å²) in [4.78, 5) is 0. The Bertz CT molecular complexity index is 865. The molecular formula is C19H18N4O2. The van der Waals surface area contributed by atoms with E-state index in [4.69, 9.17) is 10.00 Å². The van der Waals surface area contributed by atoms with Crippen molar-refractivity contribution in [2.75, 3.05) is 7.11 Å². The molecule has 2 aromatic rings. The summed E-state index contributed by atoms with van der Waals surface area (Å²) in [7, 11) is 1.62. The Morgan fingerprint density at radius 1 is 1.04 bits per heavy atom. The fraction of sp³-hybridized carbons (Fsp3) is 0.263. The molecular weight excluding hydrogens is 316 g/mol. The summed E-state index contributed by atoms with van der Waals surface area (Å²) in [5.74, 6) is 0.692. The monoisotopic (exact) mass is 334 g/mol. The molecule has 25 heavy (non-hydrogen) atoms. The van der Waals surface area contributed by atoms with E-state index >= 15 is 0 Å². The van der Waals surface area contributed by atoms with Crippen LogP contribution in [0.3, 0.4) is 0 Å². The van der Waals surface area contributed by atoms with Crippen LogP contribution in [-0.4, -0.2) is 18.3 Å². The number of nitrogens with one attached hydrogen (secondary N) is 2. The number of nitriles is 2. The molecule has 0 aliphatic carbocycles. The predicted octanol–water partition coefficient (Wildman–Crippen LogP) is 2.47. The number of hydrogen-bond acceptors (Lipinski definition) is 6. The third-order valence-corrected chi connectivity index (χ3v) is 4.61. The molecule has 1 fully saturated rings. The van der Waals surface area contributed by atoms with Crippen molar-refractivity contribution in [1.29, 1.82) is 10.5 Å². The normalized spacial score (nSPS) is 22.2. The van der Waals surface area contributed by atoms with Crippen LogP contribution in [-0.2, 0) is 0 Å². The Morgan fingerprint density at radius 2 is 1.68 bits per heavy atom. The zero-order valence-electron chi connectivity index (χ0n) is 13.9. The number of rotatable bonds is 3. The molecule has 1 aliphatic rings. The molecule has 126 valence electrons. The number of methoxy groups -OCH3 is 1. The van der Waals surface area contributed by atoms with Gasteiger partial charge < -0.3 is 9.84 Å². The molecule has 2 aromatic carbocycles. The smallest absolute Gasteiger partial charge is 0.120 e. The van der Waals surface area contributed by atoms with Crippen LogP contribution in [0.2, 0.25) is 0 Å². The maximum atomic E-state index is 10.4. The second-order valence-corrected chi connectivity index (χ2v) is 6.03. The van der Waals surface area contributed by atoms with Crippen molar-refractivity contribution in [3.63, 3.8) is 0 Å². The van der Waals surface area contributed by atoms with Gasteiger partial charge in [-0.05, 0) is 36.8 Å². The molecule has 0 radical (unpaired) electrons. The summed E-state index contributed by atoms with van der Waals surface area (Å²) in [5.41, 5.74) is 8.57. The van der Waals surface area contributed by atoms with Crippen LogP contribution in [0.1, 0.15) is 41.1 Å². The first kappa shape index (κ1) is 16.8. The molecule has 6 heteroatoms. The SMILES string of the molecule is COc1ccc(C2NNC(C)C2c2cc(C#N)c(C#N)cc2O)cc1. The van der Waals surface area contributed by atoms with E-state index in [0.29, 0.717) is 5.56 Å². The Labute approximate surface area is 146 Å². The number of benzene rings is 2. The molecule has 3 atom stereocenters. The van der Waals surface area contributed by atoms with Crippen LogP contribution in [0.5, 0.6) is 11.5 Å². The van der Waals surface area contributed by atoms with Gasteiger partial charge in [0.1, 0.15) is 23.6 Å². The standard InChI is InChI=1S/C19H18N4O2/c1-11-18(16-7-13(9-20)14(10-21)8-17(16)24)19(23-22-11)12-3-5-15(25-2)6-4-12/h3-8,11,18-19,22-24H,1-2H3. The Balaban J connectivity index is 2.04. The lowest BCUT2D eigenvalue weighted by Crippen LogP contribution is -2.29. The molecule has 6 nitrogen and oxygen atoms in total. The lowest BCUT2D eigenvalue weighted by atomic mass is 9.83. The van der Waals surface area contributed by atoms with Crippen molar-refractivity contribution in [3.05, 3.63) is 58.7 Å². The number of hydrazine groups is 1. The molecule has 1 heterocycles. The van der Waals surface area contributed by atoms with E-state index in [2.05, 4.69) is 10.9 Å². The summed E-state index contributed by atoms with van der Waals surface area (Å²) in [6, 6.07) is 14.6. The first-order valence-electron chi connectivity index (χ1n) is 7.91. The van der Waals surface area contributed by atoms with Gasteiger partial charge in [-0.25, -0.2) is 5.43 Å². The van der Waals surface area contributed by atoms with Crippen LogP contribution >= 0.6 is 0 Å². The third-order valence-electron chi connectivity index (χ3n) is 4.61. The molecule has 3 rings (SSSR count). The average molecular weight is 334 g/mol. The number of phenolic OH excluding ortho intramolecular Hbond substituents is 1. The summed E-state index contributed by atoms with van der Waals surface area (Å²) in [5, 5.41) is 28.8. The lowest BCUT2D eigenvalue weighted by molar-refractivity contribution is 0.414. The molecule has 0 amide bonds. The van der Waals surface area contributed by atoms with Gasteiger partial charge in [0.15, 0.2) is 0 Å². The Morgan fingerprint density at radius 3 is 2.28 bits per heavy atom. The van der Waals surface area contributed by atoms with E-state index in [9.17, 15) is 10.4 Å². The average Bonchev–Trinajstić information content (AvgIpc) is 3.02. The molecule has 0 saturated carbocycles. The van der Waals surface area contributed by atoms with E-state index in [1.165, 1.54) is 6.07 Å². The Kier molecular flexibility index (Phi) is 4.58. The summed E-state index contributed by atoms with van der Waals surface area (Å²) < 4.78 is 5.20. The van der Waals surface area contributed by atoms with E-state index in [1.807, 2.05) is 43.3 Å². The third kappa shape index (κ3) is 3.01. The zero-order valence-corrected chi connectivity index (χ0v) is 13.9. The first-order valence-corrected chi connectivity index (χ1v) is 7.91. The minimum absolute atomic E-state index is 0.0245. The summed E-state index contributed by atoms with van der Waals surface area (Å²) >= 11 is 0. The fourth-order valence-corrected chi connectivity index (χ4v) is 3.30. The highest BCUT2D eigenvalue weighted by molar-refractivity contribution is 5.54. The van der Waals surface area contributed by atoms with Gasteiger partial charge in [-0.15, -0.1) is 0 Å². The van der Waals surface area contributed by atoms with Gasteiger partial charge in [-0.1, -0.05) is 12.1 Å². The molecule has 0 spiro atoms. The van der Waals surface area contributed by atoms with Crippen molar-refractivity contribution >= 4 is 0 Å². The van der Waals surface area contributed by atoms with Gasteiger partial charge in [0.25, 0.3) is 0 Å². The van der Waals surface area contributed by atoms with E-state index in [1.54, 1.807) is 13.2 Å². The molecule has 0 aromatic heterocycles. The minimum Gasteiger partial charge on any atom is -0.508 e. The molecule has 1 aliphatic heterocycles. The van der Waals surface area contributed by atoms with Gasteiger partial charge in [-0.2, -0.15) is 10.5 Å². The van der Waals surface area contributed by atoms with Crippen molar-refractivity contribution in [3.8, 4) is 23.6 Å². The summed E-state index contributed by atoms with van der Waals surface area (Å²) in [6.45, 7) is 2.00. The molecule has 3 N–H and O–H groups in total. The highest BCUT2D eigenvalue weighted by Crippen LogP contribution is 2.41. The van der Waals surface area contributed by atoms with Crippen LogP contribution < -0.4 is 15.6 Å². The number of ether oxygens (including phenoxy) is 1. The number of hydrogen-bond donors (Lipinski definition) is 3. The first-order chi connectivity index (χ1) is 12.1. The van der Waals surface area contributed by atoms with E-state index < -0.39 is 0 Å². The van der Waals surface area contributed by atoms with Gasteiger partial charge in [0.05, 0.1) is 24.3 Å². The quantitative estimate of drug-likeness (QED) is 0.797. The van der Waals surface area contributed by atoms with Crippen LogP contribution in [0.15, 0.2) is 36.4 Å². The fourth-order valence-electron chi connectivity index (χ4n) is 3.30. The number of phenols is 1. The van der Waals surface area contributed by atoms with E-state index in [-0.39, 0.29) is 34.9 Å². The number of aromatic hydroxyl groups is 1.